The summed E-state index contributed by atoms with van der Waals surface area (Å²) in [5.41, 5.74) is 0.744. The van der Waals surface area contributed by atoms with Crippen molar-refractivity contribution in [1.29, 1.82) is 0 Å². The van der Waals surface area contributed by atoms with Gasteiger partial charge in [-0.05, 0) is 17.7 Å². The summed E-state index contributed by atoms with van der Waals surface area (Å²) in [6.07, 6.45) is 3.01. The molecule has 0 saturated carbocycles. The molecule has 0 fully saturated rings. The number of aromatic nitrogens is 4. The van der Waals surface area contributed by atoms with Crippen LogP contribution in [0.3, 0.4) is 0 Å². The topological polar surface area (TPSA) is 102 Å². The van der Waals surface area contributed by atoms with Gasteiger partial charge in [0, 0.05) is 30.0 Å². The summed E-state index contributed by atoms with van der Waals surface area (Å²) >= 11 is 3.38. The maximum absolute atomic E-state index is 12.3. The van der Waals surface area contributed by atoms with Crippen LogP contribution in [0.1, 0.15) is 26.4 Å². The van der Waals surface area contributed by atoms with E-state index in [4.69, 9.17) is 5.11 Å². The molecule has 0 bridgehead atoms. The molecule has 0 aliphatic rings. The minimum atomic E-state index is -1.21. The van der Waals surface area contributed by atoms with E-state index in [2.05, 4.69) is 31.4 Å². The number of aryl methyl sites for hydroxylation is 1. The molecule has 128 valence electrons. The maximum Gasteiger partial charge on any atom is 0.339 e. The molecule has 0 spiro atoms. The number of hydrogen-bond acceptors (Lipinski definition) is 4. The zero-order valence-electron chi connectivity index (χ0n) is 13.2. The third-order valence-electron chi connectivity index (χ3n) is 3.41. The number of carboxylic acid groups (broad SMARTS) is 1. The monoisotopic (exact) mass is 403 g/mol. The molecule has 3 aromatic rings. The number of amides is 1. The molecule has 2 N–H and O–H groups in total. The van der Waals surface area contributed by atoms with Crippen LogP contribution in [0.5, 0.6) is 0 Å². The van der Waals surface area contributed by atoms with Crippen LogP contribution >= 0.6 is 15.9 Å². The van der Waals surface area contributed by atoms with Crippen LogP contribution in [0.15, 0.2) is 47.2 Å². The Hall–Kier alpha value is -2.94. The fourth-order valence-electron chi connectivity index (χ4n) is 2.28. The fraction of sp³-hybridized carbons (Fsp3) is 0.125. The van der Waals surface area contributed by atoms with E-state index in [1.54, 1.807) is 24.0 Å². The number of benzene rings is 1. The lowest BCUT2D eigenvalue weighted by atomic mass is 10.2. The Bertz CT molecular complexity index is 930. The van der Waals surface area contributed by atoms with Gasteiger partial charge in [0.2, 0.25) is 0 Å². The van der Waals surface area contributed by atoms with Gasteiger partial charge in [0.25, 0.3) is 5.91 Å². The molecular formula is C16H14BrN5O3. The lowest BCUT2D eigenvalue weighted by molar-refractivity contribution is 0.0692. The van der Waals surface area contributed by atoms with Gasteiger partial charge in [-0.3, -0.25) is 14.2 Å². The number of carbonyl (C=O) groups excluding carboxylic acids is 1. The Labute approximate surface area is 151 Å². The molecule has 0 saturated heterocycles. The molecule has 0 atom stereocenters. The predicted molar refractivity (Wildman–Crippen MR) is 93.6 cm³/mol. The van der Waals surface area contributed by atoms with Crippen LogP contribution in [-0.4, -0.2) is 36.5 Å². The van der Waals surface area contributed by atoms with Crippen molar-refractivity contribution >= 4 is 33.6 Å². The summed E-state index contributed by atoms with van der Waals surface area (Å²) in [6, 6.07) is 9.46. The highest BCUT2D eigenvalue weighted by molar-refractivity contribution is 9.10. The third kappa shape index (κ3) is 3.94. The zero-order valence-corrected chi connectivity index (χ0v) is 14.8. The summed E-state index contributed by atoms with van der Waals surface area (Å²) < 4.78 is 3.95. The van der Waals surface area contributed by atoms with Crippen LogP contribution in [0.4, 0.5) is 5.82 Å². The van der Waals surface area contributed by atoms with E-state index in [1.165, 1.54) is 10.9 Å². The van der Waals surface area contributed by atoms with Crippen molar-refractivity contribution in [2.24, 2.45) is 7.05 Å². The Kier molecular flexibility index (Phi) is 4.66. The Morgan fingerprint density at radius 3 is 2.60 bits per heavy atom. The van der Waals surface area contributed by atoms with Crippen LogP contribution < -0.4 is 5.32 Å². The summed E-state index contributed by atoms with van der Waals surface area (Å²) in [4.78, 5) is 23.4. The number of nitrogens with zero attached hydrogens (tertiary/aromatic N) is 4. The summed E-state index contributed by atoms with van der Waals surface area (Å²) in [5.74, 6) is -1.50. The number of carbonyl (C=O) groups is 2. The molecule has 2 aromatic heterocycles. The smallest absolute Gasteiger partial charge is 0.339 e. The molecule has 0 aliphatic heterocycles. The van der Waals surface area contributed by atoms with Gasteiger partial charge in [-0.1, -0.05) is 28.1 Å². The van der Waals surface area contributed by atoms with Crippen LogP contribution in [0, 0.1) is 0 Å². The van der Waals surface area contributed by atoms with Crippen molar-refractivity contribution in [2.75, 3.05) is 5.32 Å². The maximum atomic E-state index is 12.3. The van der Waals surface area contributed by atoms with E-state index in [9.17, 15) is 9.59 Å². The van der Waals surface area contributed by atoms with E-state index in [-0.39, 0.29) is 11.3 Å². The van der Waals surface area contributed by atoms with Crippen LogP contribution in [-0.2, 0) is 13.6 Å². The van der Waals surface area contributed by atoms with E-state index in [1.807, 2.05) is 24.3 Å². The van der Waals surface area contributed by atoms with Gasteiger partial charge >= 0.3 is 5.97 Å². The van der Waals surface area contributed by atoms with E-state index >= 15 is 0 Å². The Morgan fingerprint density at radius 1 is 1.20 bits per heavy atom. The minimum Gasteiger partial charge on any atom is -0.478 e. The zero-order chi connectivity index (χ0) is 18.0. The first kappa shape index (κ1) is 16.9. The minimum absolute atomic E-state index is 0.155. The lowest BCUT2D eigenvalue weighted by Gasteiger charge is -2.03. The quantitative estimate of drug-likeness (QED) is 0.680. The summed E-state index contributed by atoms with van der Waals surface area (Å²) in [7, 11) is 1.55. The van der Waals surface area contributed by atoms with Gasteiger partial charge in [-0.15, -0.1) is 0 Å². The number of aromatic carboxylic acids is 1. The van der Waals surface area contributed by atoms with Crippen molar-refractivity contribution < 1.29 is 14.7 Å². The fourth-order valence-corrected chi connectivity index (χ4v) is 2.55. The molecule has 0 aliphatic carbocycles. The van der Waals surface area contributed by atoms with Crippen molar-refractivity contribution in [3.8, 4) is 0 Å². The molecule has 2 heterocycles. The first-order chi connectivity index (χ1) is 11.9. The largest absolute Gasteiger partial charge is 0.478 e. The highest BCUT2D eigenvalue weighted by Crippen LogP contribution is 2.13. The van der Waals surface area contributed by atoms with E-state index in [0.29, 0.717) is 12.4 Å². The number of nitrogens with one attached hydrogen (secondary N) is 1. The van der Waals surface area contributed by atoms with E-state index in [0.717, 1.165) is 10.0 Å². The molecule has 9 heteroatoms. The second-order valence-electron chi connectivity index (χ2n) is 5.35. The average molecular weight is 404 g/mol. The first-order valence-electron chi connectivity index (χ1n) is 7.28. The highest BCUT2D eigenvalue weighted by Gasteiger charge is 2.21. The number of anilines is 1. The highest BCUT2D eigenvalue weighted by atomic mass is 79.9. The van der Waals surface area contributed by atoms with E-state index < -0.39 is 11.9 Å². The van der Waals surface area contributed by atoms with Crippen LogP contribution in [0.25, 0.3) is 0 Å². The number of carboxylic acids is 1. The molecular weight excluding hydrogens is 390 g/mol. The second kappa shape index (κ2) is 6.89. The van der Waals surface area contributed by atoms with Crippen LogP contribution in [0.2, 0.25) is 0 Å². The average Bonchev–Trinajstić information content (AvgIpc) is 3.16. The van der Waals surface area contributed by atoms with Gasteiger partial charge in [-0.2, -0.15) is 10.2 Å². The Morgan fingerprint density at radius 2 is 1.92 bits per heavy atom. The number of halogens is 1. The van der Waals surface area contributed by atoms with Gasteiger partial charge in [-0.25, -0.2) is 4.79 Å². The van der Waals surface area contributed by atoms with Gasteiger partial charge in [0.15, 0.2) is 11.5 Å². The number of rotatable bonds is 5. The standard InChI is InChI=1S/C16H14BrN5O3/c1-21-9-12(16(24)25)14(20-21)15(23)18-13-6-7-22(19-13)8-10-2-4-11(17)5-3-10/h2-7,9H,8H2,1H3,(H,24,25)(H,18,19,23). The molecule has 25 heavy (non-hydrogen) atoms. The third-order valence-corrected chi connectivity index (χ3v) is 3.94. The molecule has 0 unspecified atom stereocenters. The van der Waals surface area contributed by atoms with Gasteiger partial charge in [0.1, 0.15) is 5.56 Å². The molecule has 8 nitrogen and oxygen atoms in total. The molecule has 0 radical (unpaired) electrons. The van der Waals surface area contributed by atoms with Crippen molar-refractivity contribution in [2.45, 2.75) is 6.54 Å². The van der Waals surface area contributed by atoms with Crippen molar-refractivity contribution in [3.63, 3.8) is 0 Å². The predicted octanol–water partition coefficient (Wildman–Crippen LogP) is 2.38. The number of hydrogen-bond donors (Lipinski definition) is 2. The molecule has 3 rings (SSSR count). The molecule has 1 amide bonds. The molecule has 1 aromatic carbocycles. The van der Waals surface area contributed by atoms with Crippen molar-refractivity contribution in [3.05, 3.63) is 64.0 Å². The van der Waals surface area contributed by atoms with Crippen molar-refractivity contribution in [1.82, 2.24) is 19.6 Å². The lowest BCUT2D eigenvalue weighted by Crippen LogP contribution is -2.17. The first-order valence-corrected chi connectivity index (χ1v) is 8.08. The van der Waals surface area contributed by atoms with Gasteiger partial charge in [0.05, 0.1) is 6.54 Å². The summed E-state index contributed by atoms with van der Waals surface area (Å²) in [6.45, 7) is 0.549. The van der Waals surface area contributed by atoms with Gasteiger partial charge < -0.3 is 10.4 Å². The normalized spacial score (nSPS) is 10.6. The second-order valence-corrected chi connectivity index (χ2v) is 6.27. The Balaban J connectivity index is 1.72. The SMILES string of the molecule is Cn1cc(C(=O)O)c(C(=O)Nc2ccn(Cc3ccc(Br)cc3)n2)n1. The summed E-state index contributed by atoms with van der Waals surface area (Å²) in [5, 5.41) is 19.9.